The largest absolute Gasteiger partial charge is 0.458 e. The third-order valence-electron chi connectivity index (χ3n) is 11.2. The minimum atomic E-state index is -0.719. The van der Waals surface area contributed by atoms with Gasteiger partial charge in [-0.3, -0.25) is 4.79 Å². The molecule has 5 aliphatic rings. The summed E-state index contributed by atoms with van der Waals surface area (Å²) in [5, 5.41) is 20.6. The average Bonchev–Trinajstić information content (AvgIpc) is 3.51. The molecule has 0 aromatic carbocycles. The molecule has 0 radical (unpaired) electrons. The van der Waals surface area contributed by atoms with Gasteiger partial charge in [0.05, 0.1) is 23.7 Å². The Balaban J connectivity index is 1.35. The van der Waals surface area contributed by atoms with Gasteiger partial charge in [-0.2, -0.15) is 0 Å². The van der Waals surface area contributed by atoms with E-state index in [0.29, 0.717) is 23.7 Å². The van der Waals surface area contributed by atoms with Gasteiger partial charge in [-0.25, -0.2) is 4.79 Å². The molecule has 4 aliphatic carbocycles. The number of epoxide rings is 1. The van der Waals surface area contributed by atoms with Gasteiger partial charge in [0.15, 0.2) is 5.78 Å². The Labute approximate surface area is 220 Å². The van der Waals surface area contributed by atoms with E-state index in [0.717, 1.165) is 37.7 Å². The number of allylic oxidation sites excluding steroid dienone is 4. The molecule has 0 aromatic heterocycles. The molecule has 6 nitrogen and oxygen atoms in total. The fourth-order valence-corrected chi connectivity index (χ4v) is 9.20. The smallest absolute Gasteiger partial charge is 0.336 e. The molecule has 1 heterocycles. The van der Waals surface area contributed by atoms with E-state index in [1.165, 1.54) is 6.08 Å². The van der Waals surface area contributed by atoms with Crippen LogP contribution in [0.25, 0.3) is 0 Å². The molecule has 0 amide bonds. The van der Waals surface area contributed by atoms with Gasteiger partial charge < -0.3 is 19.7 Å². The van der Waals surface area contributed by atoms with Crippen LogP contribution >= 0.6 is 0 Å². The van der Waals surface area contributed by atoms with Crippen LogP contribution in [0.3, 0.4) is 0 Å². The van der Waals surface area contributed by atoms with Crippen molar-refractivity contribution in [2.45, 2.75) is 77.6 Å². The number of aliphatic hydroxyl groups is 2. The molecule has 10 atom stereocenters. The van der Waals surface area contributed by atoms with Crippen molar-refractivity contribution in [3.8, 4) is 0 Å². The van der Waals surface area contributed by atoms with E-state index >= 15 is 0 Å². The lowest BCUT2D eigenvalue weighted by atomic mass is 9.44. The minimum Gasteiger partial charge on any atom is -0.458 e. The Morgan fingerprint density at radius 1 is 1.30 bits per heavy atom. The van der Waals surface area contributed by atoms with Crippen molar-refractivity contribution in [3.05, 3.63) is 48.1 Å². The summed E-state index contributed by atoms with van der Waals surface area (Å²) in [6.45, 7) is 11.9. The maximum absolute atomic E-state index is 13.3. The number of hydrogen-bond acceptors (Lipinski definition) is 6. The predicted molar refractivity (Wildman–Crippen MR) is 140 cm³/mol. The van der Waals surface area contributed by atoms with Gasteiger partial charge in [0.25, 0.3) is 0 Å². The van der Waals surface area contributed by atoms with Crippen LogP contribution in [0.4, 0.5) is 0 Å². The van der Waals surface area contributed by atoms with Gasteiger partial charge in [0.1, 0.15) is 18.3 Å². The fraction of sp³-hybridized carbons (Fsp3) is 0.677. The van der Waals surface area contributed by atoms with Crippen LogP contribution < -0.4 is 0 Å². The second-order valence-corrected chi connectivity index (χ2v) is 12.5. The van der Waals surface area contributed by atoms with Gasteiger partial charge in [0.2, 0.25) is 0 Å². The zero-order valence-electron chi connectivity index (χ0n) is 22.6. The summed E-state index contributed by atoms with van der Waals surface area (Å²) in [6.07, 6.45) is 13.4. The topological polar surface area (TPSA) is 96.4 Å². The second-order valence-electron chi connectivity index (χ2n) is 12.5. The Kier molecular flexibility index (Phi) is 6.69. The second kappa shape index (κ2) is 9.32. The van der Waals surface area contributed by atoms with Gasteiger partial charge >= 0.3 is 5.97 Å². The summed E-state index contributed by atoms with van der Waals surface area (Å²) >= 11 is 0. The lowest BCUT2D eigenvalue weighted by Gasteiger charge is -2.58. The van der Waals surface area contributed by atoms with Crippen LogP contribution in [-0.4, -0.2) is 53.0 Å². The number of ether oxygens (including phenoxy) is 2. The van der Waals surface area contributed by atoms with Crippen LogP contribution in [0.1, 0.15) is 59.8 Å². The maximum atomic E-state index is 13.3. The maximum Gasteiger partial charge on any atom is 0.336 e. The van der Waals surface area contributed by atoms with Crippen LogP contribution in [0.15, 0.2) is 48.1 Å². The summed E-state index contributed by atoms with van der Waals surface area (Å²) in [5.41, 5.74) is -0.205. The highest BCUT2D eigenvalue weighted by molar-refractivity contribution is 5.98. The molecule has 1 aliphatic heterocycles. The third-order valence-corrected chi connectivity index (χ3v) is 11.2. The SMILES string of the molecule is C=CCOC(=O)/C(CO)=C(C)\C=C\[C@@H](C)[C@H]1CC[C@H]2[C@@H]3C[C@H]4O[C@]45[C@@H](O)C=CC(=O)[C@]5(C)[C@H]3CC[C@]12C. The van der Waals surface area contributed by atoms with Crippen LogP contribution in [-0.2, 0) is 19.1 Å². The highest BCUT2D eigenvalue weighted by Gasteiger charge is 2.80. The Morgan fingerprint density at radius 3 is 2.76 bits per heavy atom. The minimum absolute atomic E-state index is 0.0353. The van der Waals surface area contributed by atoms with E-state index in [4.69, 9.17) is 9.47 Å². The Hall–Kier alpha value is -2.02. The van der Waals surface area contributed by atoms with E-state index in [2.05, 4.69) is 33.4 Å². The first-order valence-electron chi connectivity index (χ1n) is 13.9. The van der Waals surface area contributed by atoms with Gasteiger partial charge in [0, 0.05) is 0 Å². The molecule has 4 fully saturated rings. The molecule has 0 aromatic rings. The van der Waals surface area contributed by atoms with E-state index in [1.54, 1.807) is 12.2 Å². The van der Waals surface area contributed by atoms with Gasteiger partial charge in [-0.05, 0) is 98.7 Å². The molecule has 5 rings (SSSR count). The van der Waals surface area contributed by atoms with E-state index in [-0.39, 0.29) is 42.0 Å². The zero-order chi connectivity index (χ0) is 26.8. The molecule has 6 heteroatoms. The molecule has 0 bridgehead atoms. The van der Waals surface area contributed by atoms with Crippen molar-refractivity contribution in [1.82, 2.24) is 0 Å². The van der Waals surface area contributed by atoms with Crippen molar-refractivity contribution >= 4 is 11.8 Å². The standard InChI is InChI=1S/C31H42O6/c1-6-15-36-28(35)21(17-32)18(2)7-8-19(3)22-9-10-23-20-16-27-31(37-27)26(34)12-11-25(33)30(31,5)24(20)13-14-29(22,23)4/h6-8,11-12,19-20,22-24,26-27,32,34H,1,9-10,13-17H2,2-5H3/b8-7+,21-18-/t19-,20+,22-,23+,24+,26+,27-,29-,30+,31-/m1/s1. The summed E-state index contributed by atoms with van der Waals surface area (Å²) in [7, 11) is 0. The number of aliphatic hydroxyl groups excluding tert-OH is 2. The molecule has 1 spiro atoms. The van der Waals surface area contributed by atoms with Crippen molar-refractivity contribution in [1.29, 1.82) is 0 Å². The number of carbonyl (C=O) groups excluding carboxylic acids is 2. The molecule has 37 heavy (non-hydrogen) atoms. The normalized spacial score (nSPS) is 45.3. The van der Waals surface area contributed by atoms with Crippen LogP contribution in [0.2, 0.25) is 0 Å². The van der Waals surface area contributed by atoms with Crippen molar-refractivity contribution in [2.24, 2.45) is 40.4 Å². The summed E-state index contributed by atoms with van der Waals surface area (Å²) in [6, 6.07) is 0. The molecular formula is C31H42O6. The molecule has 202 valence electrons. The first-order valence-corrected chi connectivity index (χ1v) is 13.9. The molecule has 0 unspecified atom stereocenters. The third kappa shape index (κ3) is 3.70. The summed E-state index contributed by atoms with van der Waals surface area (Å²) in [5.74, 6) is 1.61. The lowest BCUT2D eigenvalue weighted by molar-refractivity contribution is -0.150. The highest BCUT2D eigenvalue weighted by atomic mass is 16.6. The average molecular weight is 511 g/mol. The number of rotatable bonds is 7. The van der Waals surface area contributed by atoms with Gasteiger partial charge in [-0.1, -0.05) is 38.7 Å². The first-order chi connectivity index (χ1) is 17.6. The predicted octanol–water partition coefficient (Wildman–Crippen LogP) is 4.32. The van der Waals surface area contributed by atoms with E-state index < -0.39 is 23.1 Å². The van der Waals surface area contributed by atoms with Crippen molar-refractivity contribution in [2.75, 3.05) is 13.2 Å². The number of fused-ring (bicyclic) bond motifs is 4. The molecular weight excluding hydrogens is 468 g/mol. The zero-order valence-corrected chi connectivity index (χ0v) is 22.6. The highest BCUT2D eigenvalue weighted by Crippen LogP contribution is 2.73. The monoisotopic (exact) mass is 510 g/mol. The van der Waals surface area contributed by atoms with Crippen molar-refractivity contribution in [3.63, 3.8) is 0 Å². The number of ketones is 1. The first kappa shape index (κ1) is 26.6. The molecule has 2 N–H and O–H groups in total. The summed E-state index contributed by atoms with van der Waals surface area (Å²) < 4.78 is 11.4. The summed E-state index contributed by atoms with van der Waals surface area (Å²) in [4.78, 5) is 25.6. The Bertz CT molecular complexity index is 1070. The van der Waals surface area contributed by atoms with Crippen LogP contribution in [0.5, 0.6) is 0 Å². The van der Waals surface area contributed by atoms with E-state index in [1.807, 2.05) is 13.0 Å². The van der Waals surface area contributed by atoms with Crippen LogP contribution in [0, 0.1) is 40.4 Å². The van der Waals surface area contributed by atoms with Crippen molar-refractivity contribution < 1.29 is 29.3 Å². The number of carbonyl (C=O) groups is 2. The molecule has 3 saturated carbocycles. The fourth-order valence-electron chi connectivity index (χ4n) is 9.20. The number of esters is 1. The lowest BCUT2D eigenvalue weighted by Crippen LogP contribution is -2.63. The molecule has 1 saturated heterocycles. The Morgan fingerprint density at radius 2 is 2.05 bits per heavy atom. The number of hydrogen-bond donors (Lipinski definition) is 2. The van der Waals surface area contributed by atoms with Gasteiger partial charge in [-0.15, -0.1) is 0 Å². The quantitative estimate of drug-likeness (QED) is 0.174. The van der Waals surface area contributed by atoms with E-state index in [9.17, 15) is 19.8 Å².